The zero-order valence-electron chi connectivity index (χ0n) is 9.16. The van der Waals surface area contributed by atoms with Gasteiger partial charge in [0.05, 0.1) is 12.3 Å². The van der Waals surface area contributed by atoms with E-state index in [1.807, 2.05) is 0 Å². The molecule has 1 aromatic heterocycles. The zero-order chi connectivity index (χ0) is 11.3. The molecule has 0 saturated heterocycles. The summed E-state index contributed by atoms with van der Waals surface area (Å²) in [6.07, 6.45) is 2.30. The van der Waals surface area contributed by atoms with Crippen molar-refractivity contribution in [1.82, 2.24) is 4.98 Å². The van der Waals surface area contributed by atoms with Crippen molar-refractivity contribution in [1.29, 1.82) is 0 Å². The van der Waals surface area contributed by atoms with Crippen molar-refractivity contribution in [3.63, 3.8) is 0 Å². The number of nitrogen functional groups attached to an aromatic ring is 1. The van der Waals surface area contributed by atoms with Gasteiger partial charge in [-0.3, -0.25) is 0 Å². The number of pyridine rings is 1. The van der Waals surface area contributed by atoms with Crippen molar-refractivity contribution in [3.8, 4) is 5.88 Å². The maximum absolute atomic E-state index is 5.75. The smallest absolute Gasteiger partial charge is 0.238 e. The van der Waals surface area contributed by atoms with Crippen molar-refractivity contribution < 1.29 is 4.74 Å². The number of rotatable bonds is 5. The van der Waals surface area contributed by atoms with Gasteiger partial charge in [-0.25, -0.2) is 0 Å². The van der Waals surface area contributed by atoms with Crippen molar-refractivity contribution in [3.05, 3.63) is 17.3 Å². The van der Waals surface area contributed by atoms with Crippen LogP contribution in [-0.4, -0.2) is 11.6 Å². The van der Waals surface area contributed by atoms with Crippen molar-refractivity contribution >= 4 is 17.3 Å². The molecule has 0 fully saturated rings. The number of halogens is 1. The largest absolute Gasteiger partial charge is 0.476 e. The number of nitrogens with two attached hydrogens (primary N) is 1. The van der Waals surface area contributed by atoms with E-state index in [1.54, 1.807) is 12.1 Å². The summed E-state index contributed by atoms with van der Waals surface area (Å²) >= 11 is 5.75. The maximum Gasteiger partial charge on any atom is 0.238 e. The summed E-state index contributed by atoms with van der Waals surface area (Å²) in [5.41, 5.74) is 6.23. The summed E-state index contributed by atoms with van der Waals surface area (Å²) in [6.45, 7) is 4.93. The van der Waals surface area contributed by atoms with Crippen LogP contribution in [0.15, 0.2) is 12.1 Å². The minimum atomic E-state index is 0.405. The molecule has 0 aliphatic carbocycles. The first-order valence-electron chi connectivity index (χ1n) is 5.18. The number of anilines is 1. The molecule has 1 unspecified atom stereocenters. The van der Waals surface area contributed by atoms with Gasteiger partial charge < -0.3 is 10.5 Å². The molecule has 3 nitrogen and oxygen atoms in total. The predicted octanol–water partition coefficient (Wildman–Crippen LogP) is 3.13. The molecule has 0 saturated carbocycles. The van der Waals surface area contributed by atoms with Gasteiger partial charge in [0.15, 0.2) is 0 Å². The molecule has 4 heteroatoms. The lowest BCUT2D eigenvalue weighted by atomic mass is 10.1. The molecule has 15 heavy (non-hydrogen) atoms. The zero-order valence-corrected chi connectivity index (χ0v) is 9.92. The average molecular weight is 229 g/mol. The minimum Gasteiger partial charge on any atom is -0.476 e. The quantitative estimate of drug-likeness (QED) is 0.788. The highest BCUT2D eigenvalue weighted by molar-refractivity contribution is 6.29. The van der Waals surface area contributed by atoms with Crippen LogP contribution < -0.4 is 10.5 Å². The molecule has 1 heterocycles. The summed E-state index contributed by atoms with van der Waals surface area (Å²) in [5.74, 6) is 0.945. The van der Waals surface area contributed by atoms with Gasteiger partial charge in [-0.1, -0.05) is 31.9 Å². The van der Waals surface area contributed by atoms with E-state index in [0.717, 1.165) is 12.8 Å². The van der Waals surface area contributed by atoms with Crippen LogP contribution in [-0.2, 0) is 0 Å². The predicted molar refractivity (Wildman–Crippen MR) is 63.2 cm³/mol. The molecule has 0 aromatic carbocycles. The Hall–Kier alpha value is -0.960. The Morgan fingerprint density at radius 3 is 2.93 bits per heavy atom. The standard InChI is InChI=1S/C11H17ClN2O/c1-3-4-8(2)7-15-11-9(13)5-6-10(12)14-11/h5-6,8H,3-4,7,13H2,1-2H3. The van der Waals surface area contributed by atoms with Crippen LogP contribution in [0.25, 0.3) is 0 Å². The van der Waals surface area contributed by atoms with E-state index in [4.69, 9.17) is 22.1 Å². The second-order valence-electron chi connectivity index (χ2n) is 3.73. The summed E-state index contributed by atoms with van der Waals surface area (Å²) in [5, 5.41) is 0.405. The monoisotopic (exact) mass is 228 g/mol. The van der Waals surface area contributed by atoms with Gasteiger partial charge >= 0.3 is 0 Å². The first-order valence-corrected chi connectivity index (χ1v) is 5.56. The third kappa shape index (κ3) is 3.96. The van der Waals surface area contributed by atoms with E-state index < -0.39 is 0 Å². The molecule has 1 atom stereocenters. The molecule has 1 aromatic rings. The number of hydrogen-bond acceptors (Lipinski definition) is 3. The highest BCUT2D eigenvalue weighted by atomic mass is 35.5. The van der Waals surface area contributed by atoms with Gasteiger partial charge in [-0.05, 0) is 24.5 Å². The third-order valence-corrected chi connectivity index (χ3v) is 2.35. The van der Waals surface area contributed by atoms with Crippen LogP contribution in [0.3, 0.4) is 0 Å². The van der Waals surface area contributed by atoms with Crippen LogP contribution >= 0.6 is 11.6 Å². The highest BCUT2D eigenvalue weighted by Crippen LogP contribution is 2.21. The van der Waals surface area contributed by atoms with E-state index in [1.165, 1.54) is 0 Å². The minimum absolute atomic E-state index is 0.405. The lowest BCUT2D eigenvalue weighted by Crippen LogP contribution is -2.10. The lowest BCUT2D eigenvalue weighted by Gasteiger charge is -2.12. The van der Waals surface area contributed by atoms with E-state index in [9.17, 15) is 0 Å². The van der Waals surface area contributed by atoms with E-state index in [0.29, 0.717) is 29.2 Å². The van der Waals surface area contributed by atoms with E-state index in [-0.39, 0.29) is 0 Å². The summed E-state index contributed by atoms with van der Waals surface area (Å²) in [6, 6.07) is 3.36. The molecule has 0 radical (unpaired) electrons. The highest BCUT2D eigenvalue weighted by Gasteiger charge is 2.06. The van der Waals surface area contributed by atoms with Gasteiger partial charge in [-0.15, -0.1) is 0 Å². The summed E-state index contributed by atoms with van der Waals surface area (Å²) in [7, 11) is 0. The topological polar surface area (TPSA) is 48.1 Å². The molecular weight excluding hydrogens is 212 g/mol. The van der Waals surface area contributed by atoms with Crippen LogP contribution in [0.1, 0.15) is 26.7 Å². The molecular formula is C11H17ClN2O. The second-order valence-corrected chi connectivity index (χ2v) is 4.12. The Bertz CT molecular complexity index is 317. The summed E-state index contributed by atoms with van der Waals surface area (Å²) < 4.78 is 5.51. The average Bonchev–Trinajstić information content (AvgIpc) is 2.20. The summed E-state index contributed by atoms with van der Waals surface area (Å²) in [4.78, 5) is 4.02. The van der Waals surface area contributed by atoms with Gasteiger partial charge in [0.25, 0.3) is 0 Å². The Kier molecular flexibility index (Phi) is 4.69. The number of hydrogen-bond donors (Lipinski definition) is 1. The molecule has 0 amide bonds. The molecule has 84 valence electrons. The fourth-order valence-corrected chi connectivity index (χ4v) is 1.48. The molecule has 0 spiro atoms. The van der Waals surface area contributed by atoms with Crippen LogP contribution in [0.2, 0.25) is 5.15 Å². The van der Waals surface area contributed by atoms with Crippen LogP contribution in [0.4, 0.5) is 5.69 Å². The number of ether oxygens (including phenoxy) is 1. The van der Waals surface area contributed by atoms with Gasteiger partial charge in [0.2, 0.25) is 5.88 Å². The van der Waals surface area contributed by atoms with Crippen LogP contribution in [0, 0.1) is 5.92 Å². The molecule has 0 bridgehead atoms. The number of aromatic nitrogens is 1. The molecule has 1 rings (SSSR count). The maximum atomic E-state index is 5.75. The van der Waals surface area contributed by atoms with E-state index >= 15 is 0 Å². The fourth-order valence-electron chi connectivity index (χ4n) is 1.34. The fraction of sp³-hybridized carbons (Fsp3) is 0.545. The van der Waals surface area contributed by atoms with Crippen molar-refractivity contribution in [2.45, 2.75) is 26.7 Å². The Balaban J connectivity index is 2.53. The normalized spacial score (nSPS) is 12.5. The van der Waals surface area contributed by atoms with Gasteiger partial charge in [-0.2, -0.15) is 4.98 Å². The molecule has 0 aliphatic rings. The Morgan fingerprint density at radius 2 is 2.27 bits per heavy atom. The first kappa shape index (κ1) is 12.1. The SMILES string of the molecule is CCCC(C)COc1nc(Cl)ccc1N. The number of nitrogens with zero attached hydrogens (tertiary/aromatic N) is 1. The van der Waals surface area contributed by atoms with Crippen LogP contribution in [0.5, 0.6) is 5.88 Å². The molecule has 2 N–H and O–H groups in total. The Labute approximate surface area is 95.6 Å². The van der Waals surface area contributed by atoms with Gasteiger partial charge in [0.1, 0.15) is 5.15 Å². The third-order valence-electron chi connectivity index (χ3n) is 2.14. The van der Waals surface area contributed by atoms with E-state index in [2.05, 4.69) is 18.8 Å². The molecule has 0 aliphatic heterocycles. The Morgan fingerprint density at radius 1 is 1.53 bits per heavy atom. The lowest BCUT2D eigenvalue weighted by molar-refractivity contribution is 0.244. The van der Waals surface area contributed by atoms with Gasteiger partial charge in [0, 0.05) is 0 Å². The van der Waals surface area contributed by atoms with Crippen molar-refractivity contribution in [2.24, 2.45) is 5.92 Å². The second kappa shape index (κ2) is 5.81. The van der Waals surface area contributed by atoms with Crippen molar-refractivity contribution in [2.75, 3.05) is 12.3 Å². The first-order chi connectivity index (χ1) is 7.13.